The number of carbonyl (C=O) groups is 4. The van der Waals surface area contributed by atoms with Crippen molar-refractivity contribution in [1.29, 1.82) is 0 Å². The summed E-state index contributed by atoms with van der Waals surface area (Å²) < 4.78 is 37.3. The van der Waals surface area contributed by atoms with Gasteiger partial charge >= 0.3 is 5.97 Å². The molecule has 4 fully saturated rings. The first-order valence-corrected chi connectivity index (χ1v) is 22.7. The number of aryl methyl sites for hydroxylation is 2. The topological polar surface area (TPSA) is 153 Å². The number of fused-ring (bicyclic) bond motifs is 4. The summed E-state index contributed by atoms with van der Waals surface area (Å²) in [7, 11) is 0. The minimum atomic E-state index is -1.05. The summed E-state index contributed by atoms with van der Waals surface area (Å²) in [5, 5.41) is 18.5. The number of nitrogens with one attached hydrogen (secondary N) is 3. The lowest BCUT2D eigenvalue weighted by Crippen LogP contribution is -2.65. The lowest BCUT2D eigenvalue weighted by atomic mass is 10.0. The fourth-order valence-electron chi connectivity index (χ4n) is 8.44. The number of carboxylic acid groups (broad SMARTS) is 1. The van der Waals surface area contributed by atoms with Crippen LogP contribution in [0.3, 0.4) is 0 Å². The van der Waals surface area contributed by atoms with Gasteiger partial charge < -0.3 is 35.4 Å². The number of aliphatic carboxylic acids is 1. The Labute approximate surface area is 399 Å². The summed E-state index contributed by atoms with van der Waals surface area (Å²) in [6.07, 6.45) is 5.69. The molecule has 0 aromatic heterocycles. The number of carbonyl (C=O) groups excluding carboxylic acids is 3. The monoisotopic (exact) mass is 960 g/mol. The highest BCUT2D eigenvalue weighted by Crippen LogP contribution is 2.29. The van der Waals surface area contributed by atoms with E-state index in [9.17, 15) is 28.0 Å². The SMILES string of the molecule is CC(=O)Nc1cc(Cl)c(C)cc1/C=C/C(=O)N1C2COCC1CN(Cc1ccc(F)cc1)C2.CC(=O)Nc1cc(Cl)c(C)cc1/C=C/C(=O)O.Fc1ccc(CN2CC3COCC(C2)N3)cc1. The molecular weight excluding hydrogens is 905 g/mol. The average molecular weight is 962 g/mol. The van der Waals surface area contributed by atoms with Gasteiger partial charge in [-0.25, -0.2) is 13.6 Å². The molecule has 4 N–H and O–H groups in total. The Kier molecular flexibility index (Phi) is 18.2. The summed E-state index contributed by atoms with van der Waals surface area (Å²) in [5.74, 6) is -2.00. The molecule has 4 aromatic rings. The molecule has 17 heteroatoms. The third kappa shape index (κ3) is 15.2. The first-order chi connectivity index (χ1) is 32.0. The summed E-state index contributed by atoms with van der Waals surface area (Å²) >= 11 is 12.2. The summed E-state index contributed by atoms with van der Waals surface area (Å²) in [5.41, 5.74) is 6.26. The number of amides is 3. The number of halogens is 4. The number of piperazine rings is 2. The summed E-state index contributed by atoms with van der Waals surface area (Å²) in [4.78, 5) is 52.8. The van der Waals surface area contributed by atoms with E-state index in [-0.39, 0.29) is 41.4 Å². The van der Waals surface area contributed by atoms with Gasteiger partial charge in [0.05, 0.1) is 38.5 Å². The van der Waals surface area contributed by atoms with Crippen LogP contribution in [0.5, 0.6) is 0 Å². The van der Waals surface area contributed by atoms with Gasteiger partial charge in [0.2, 0.25) is 17.7 Å². The van der Waals surface area contributed by atoms with E-state index in [1.165, 1.54) is 49.8 Å². The highest BCUT2D eigenvalue weighted by atomic mass is 35.5. The lowest BCUT2D eigenvalue weighted by molar-refractivity contribution is -0.150. The van der Waals surface area contributed by atoms with Gasteiger partial charge in [-0.05, 0) is 108 Å². The van der Waals surface area contributed by atoms with Crippen molar-refractivity contribution in [1.82, 2.24) is 20.0 Å². The van der Waals surface area contributed by atoms with Crippen molar-refractivity contribution in [3.8, 4) is 0 Å². The first kappa shape index (κ1) is 50.9. The van der Waals surface area contributed by atoms with Gasteiger partial charge in [-0.1, -0.05) is 47.5 Å². The molecule has 0 saturated carbocycles. The van der Waals surface area contributed by atoms with E-state index in [0.29, 0.717) is 71.9 Å². The van der Waals surface area contributed by atoms with Crippen molar-refractivity contribution >= 4 is 70.4 Å². The van der Waals surface area contributed by atoms with Crippen LogP contribution in [0, 0.1) is 25.5 Å². The number of anilines is 2. The molecular formula is C50H56Cl2F2N6O7. The number of ether oxygens (including phenoxy) is 2. The Morgan fingerprint density at radius 2 is 1.09 bits per heavy atom. The average Bonchev–Trinajstić information content (AvgIpc) is 3.26. The number of rotatable bonds is 10. The third-order valence-corrected chi connectivity index (χ3v) is 12.2. The Morgan fingerprint density at radius 3 is 1.52 bits per heavy atom. The van der Waals surface area contributed by atoms with Gasteiger partial charge in [0.1, 0.15) is 11.6 Å². The number of carboxylic acids is 1. The molecule has 4 saturated heterocycles. The number of hydrogen-bond acceptors (Lipinski definition) is 9. The van der Waals surface area contributed by atoms with E-state index in [0.717, 1.165) is 61.2 Å². The quantitative estimate of drug-likeness (QED) is 0.117. The molecule has 4 aliphatic heterocycles. The molecule has 0 radical (unpaired) electrons. The molecule has 4 aliphatic rings. The van der Waals surface area contributed by atoms with Crippen molar-refractivity contribution in [2.45, 2.75) is 65.0 Å². The van der Waals surface area contributed by atoms with Gasteiger partial charge in [0.15, 0.2) is 0 Å². The van der Waals surface area contributed by atoms with E-state index in [1.54, 1.807) is 49.4 Å². The van der Waals surface area contributed by atoms with Gasteiger partial charge in [-0.2, -0.15) is 0 Å². The molecule has 4 heterocycles. The molecule has 0 spiro atoms. The zero-order valence-corrected chi connectivity index (χ0v) is 39.4. The Morgan fingerprint density at radius 1 is 0.672 bits per heavy atom. The van der Waals surface area contributed by atoms with Crippen molar-refractivity contribution < 1.29 is 42.5 Å². The van der Waals surface area contributed by atoms with Crippen LogP contribution >= 0.6 is 23.2 Å². The van der Waals surface area contributed by atoms with E-state index in [4.69, 9.17) is 37.8 Å². The zero-order chi connectivity index (χ0) is 48.2. The highest BCUT2D eigenvalue weighted by molar-refractivity contribution is 6.32. The fraction of sp³-hybridized carbons (Fsp3) is 0.360. The highest BCUT2D eigenvalue weighted by Gasteiger charge is 2.40. The Balaban J connectivity index is 0.000000183. The van der Waals surface area contributed by atoms with Gasteiger partial charge in [-0.3, -0.25) is 24.2 Å². The number of hydrogen-bond donors (Lipinski definition) is 4. The molecule has 4 aromatic carbocycles. The molecule has 4 atom stereocenters. The van der Waals surface area contributed by atoms with Crippen molar-refractivity contribution in [2.24, 2.45) is 0 Å². The predicted octanol–water partition coefficient (Wildman–Crippen LogP) is 7.57. The van der Waals surface area contributed by atoms with Crippen LogP contribution in [0.2, 0.25) is 10.0 Å². The van der Waals surface area contributed by atoms with Gasteiger partial charge in [0.25, 0.3) is 0 Å². The number of nitrogens with zero attached hydrogens (tertiary/aromatic N) is 3. The fourth-order valence-corrected chi connectivity index (χ4v) is 8.77. The minimum absolute atomic E-state index is 0.0585. The summed E-state index contributed by atoms with van der Waals surface area (Å²) in [6, 6.07) is 20.9. The second-order valence-electron chi connectivity index (χ2n) is 17.1. The smallest absolute Gasteiger partial charge is 0.328 e. The zero-order valence-electron chi connectivity index (χ0n) is 37.9. The Bertz CT molecular complexity index is 2430. The maximum absolute atomic E-state index is 13.2. The van der Waals surface area contributed by atoms with Crippen molar-refractivity contribution in [3.05, 3.63) is 140 Å². The number of morpholine rings is 2. The lowest BCUT2D eigenvalue weighted by Gasteiger charge is -2.49. The summed E-state index contributed by atoms with van der Waals surface area (Å²) in [6.45, 7) is 14.0. The standard InChI is InChI=1S/C25H27ClFN3O3.C13H17FN2O.C12H12ClNO3/c1-16-9-19(24(10-23(16)26)28-17(2)31)5-8-25(32)30-21-12-29(13-22(30)15-33-14-21)11-18-3-6-20(27)7-4-18;14-11-3-1-10(2-4-11)5-16-6-12-8-17-9-13(7-16)15-12;1-7-5-9(3-4-12(16)17)11(6-10(7)13)14-8(2)15/h3-10,21-22H,11-15H2,1-2H3,(H,28,31);1-4,12-13,15H,5-9H2;3-6H,1-2H3,(H,14,15)(H,16,17)/b8-5+;;4-3+. The minimum Gasteiger partial charge on any atom is -0.478 e. The van der Waals surface area contributed by atoms with Crippen LogP contribution in [0.4, 0.5) is 20.2 Å². The maximum Gasteiger partial charge on any atom is 0.328 e. The second kappa shape index (κ2) is 24.0. The first-order valence-electron chi connectivity index (χ1n) is 21.9. The molecule has 4 unspecified atom stereocenters. The van der Waals surface area contributed by atoms with Gasteiger partial charge in [0, 0.05) is 98.8 Å². The molecule has 3 amide bonds. The van der Waals surface area contributed by atoms with Crippen LogP contribution in [-0.2, 0) is 41.7 Å². The Hall–Kier alpha value is -5.52. The molecule has 8 rings (SSSR count). The molecule has 13 nitrogen and oxygen atoms in total. The molecule has 4 bridgehead atoms. The van der Waals surface area contributed by atoms with E-state index in [1.807, 2.05) is 30.0 Å². The van der Waals surface area contributed by atoms with Gasteiger partial charge in [-0.15, -0.1) is 0 Å². The normalized spacial score (nSPS) is 20.3. The molecule has 0 aliphatic carbocycles. The van der Waals surface area contributed by atoms with Crippen LogP contribution in [-0.4, -0.2) is 120 Å². The largest absolute Gasteiger partial charge is 0.478 e. The van der Waals surface area contributed by atoms with Crippen molar-refractivity contribution in [3.63, 3.8) is 0 Å². The maximum atomic E-state index is 13.2. The second-order valence-corrected chi connectivity index (χ2v) is 17.9. The van der Waals surface area contributed by atoms with E-state index < -0.39 is 5.97 Å². The van der Waals surface area contributed by atoms with E-state index >= 15 is 0 Å². The molecule has 356 valence electrons. The van der Waals surface area contributed by atoms with Crippen molar-refractivity contribution in [2.75, 3.05) is 63.2 Å². The van der Waals surface area contributed by atoms with E-state index in [2.05, 4.69) is 25.8 Å². The molecule has 67 heavy (non-hydrogen) atoms. The van der Waals surface area contributed by atoms with Crippen LogP contribution in [0.1, 0.15) is 47.2 Å². The van der Waals surface area contributed by atoms with Crippen LogP contribution < -0.4 is 16.0 Å². The van der Waals surface area contributed by atoms with Crippen LogP contribution in [0.15, 0.2) is 84.9 Å². The predicted molar refractivity (Wildman–Crippen MR) is 257 cm³/mol. The third-order valence-electron chi connectivity index (χ3n) is 11.4. The number of benzene rings is 4. The van der Waals surface area contributed by atoms with Crippen LogP contribution in [0.25, 0.3) is 12.2 Å².